The predicted molar refractivity (Wildman–Crippen MR) is 118 cm³/mol. The summed E-state index contributed by atoms with van der Waals surface area (Å²) in [5, 5.41) is 5.20. The van der Waals surface area contributed by atoms with Gasteiger partial charge in [-0.05, 0) is 36.4 Å². The third-order valence-electron chi connectivity index (χ3n) is 4.66. The van der Waals surface area contributed by atoms with E-state index in [2.05, 4.69) is 26.0 Å². The summed E-state index contributed by atoms with van der Waals surface area (Å²) in [7, 11) is 1.68. The Morgan fingerprint density at radius 3 is 2.59 bits per heavy atom. The predicted octanol–water partition coefficient (Wildman–Crippen LogP) is 3.78. The van der Waals surface area contributed by atoms with Crippen LogP contribution in [0.1, 0.15) is 5.56 Å². The van der Waals surface area contributed by atoms with E-state index in [0.717, 1.165) is 21.5 Å². The highest BCUT2D eigenvalue weighted by molar-refractivity contribution is 9.10. The summed E-state index contributed by atoms with van der Waals surface area (Å²) in [4.78, 5) is 32.3. The summed E-state index contributed by atoms with van der Waals surface area (Å²) in [6.45, 7) is 0. The van der Waals surface area contributed by atoms with Crippen molar-refractivity contribution in [2.24, 2.45) is 0 Å². The molecular weight excluding hydrogens is 499 g/mol. The Labute approximate surface area is 186 Å². The Kier molecular flexibility index (Phi) is 4.29. The van der Waals surface area contributed by atoms with Gasteiger partial charge in [-0.2, -0.15) is 9.50 Å². The molecule has 5 rings (SSSR count). The van der Waals surface area contributed by atoms with Gasteiger partial charge in [0.1, 0.15) is 4.53 Å². The second-order valence-electron chi connectivity index (χ2n) is 6.39. The zero-order valence-electron chi connectivity index (χ0n) is 14.6. The third kappa shape index (κ3) is 2.82. The van der Waals surface area contributed by atoms with Crippen molar-refractivity contribution >= 4 is 72.6 Å². The van der Waals surface area contributed by atoms with E-state index >= 15 is 0 Å². The SMILES string of the molecule is CN1C(=O)/C(=c2\sc3nc(-c4ccc(Cl)cc4Cl)nn3c2=O)c2cc(Br)ccc21. The van der Waals surface area contributed by atoms with Gasteiger partial charge in [0.05, 0.1) is 16.3 Å². The molecule has 0 saturated heterocycles. The fraction of sp³-hybridized carbons (Fsp3) is 0.0526. The number of hydrogen-bond acceptors (Lipinski definition) is 5. The molecule has 0 bridgehead atoms. The fourth-order valence-electron chi connectivity index (χ4n) is 3.28. The first-order chi connectivity index (χ1) is 13.8. The molecule has 10 heteroatoms. The van der Waals surface area contributed by atoms with Crippen molar-refractivity contribution in [2.75, 3.05) is 11.9 Å². The molecule has 6 nitrogen and oxygen atoms in total. The number of halogens is 3. The van der Waals surface area contributed by atoms with Crippen molar-refractivity contribution in [3.8, 4) is 11.4 Å². The van der Waals surface area contributed by atoms with Crippen LogP contribution in [0.5, 0.6) is 0 Å². The number of amides is 1. The molecule has 2 aromatic carbocycles. The van der Waals surface area contributed by atoms with E-state index in [9.17, 15) is 9.59 Å². The number of fused-ring (bicyclic) bond motifs is 2. The molecule has 1 aliphatic heterocycles. The number of hydrogen-bond donors (Lipinski definition) is 0. The minimum atomic E-state index is -0.390. The van der Waals surface area contributed by atoms with E-state index in [-0.39, 0.29) is 5.91 Å². The quantitative estimate of drug-likeness (QED) is 0.393. The average molecular weight is 508 g/mol. The van der Waals surface area contributed by atoms with Crippen LogP contribution in [0.25, 0.3) is 21.9 Å². The highest BCUT2D eigenvalue weighted by atomic mass is 79.9. The second-order valence-corrected chi connectivity index (χ2v) is 9.13. The summed E-state index contributed by atoms with van der Waals surface area (Å²) in [5.41, 5.74) is 2.00. The first kappa shape index (κ1) is 18.7. The van der Waals surface area contributed by atoms with Crippen molar-refractivity contribution in [1.29, 1.82) is 0 Å². The van der Waals surface area contributed by atoms with Gasteiger partial charge in [-0.15, -0.1) is 5.10 Å². The summed E-state index contributed by atoms with van der Waals surface area (Å²) < 4.78 is 2.34. The van der Waals surface area contributed by atoms with E-state index in [4.69, 9.17) is 23.2 Å². The molecule has 29 heavy (non-hydrogen) atoms. The van der Waals surface area contributed by atoms with Gasteiger partial charge in [0.15, 0.2) is 5.82 Å². The van der Waals surface area contributed by atoms with E-state index < -0.39 is 5.56 Å². The number of anilines is 1. The summed E-state index contributed by atoms with van der Waals surface area (Å²) in [6.07, 6.45) is 0. The van der Waals surface area contributed by atoms with Crippen LogP contribution in [-0.2, 0) is 4.79 Å². The highest BCUT2D eigenvalue weighted by Gasteiger charge is 2.32. The van der Waals surface area contributed by atoms with Gasteiger partial charge < -0.3 is 4.90 Å². The van der Waals surface area contributed by atoms with E-state index in [0.29, 0.717) is 42.1 Å². The van der Waals surface area contributed by atoms with Gasteiger partial charge in [-0.25, -0.2) is 0 Å². The van der Waals surface area contributed by atoms with Gasteiger partial charge in [-0.1, -0.05) is 50.5 Å². The number of benzene rings is 2. The number of likely N-dealkylation sites (N-methyl/N-ethyl adjacent to an activating group) is 1. The second kappa shape index (κ2) is 6.63. The van der Waals surface area contributed by atoms with Crippen LogP contribution >= 0.6 is 50.5 Å². The first-order valence-corrected chi connectivity index (χ1v) is 10.7. The van der Waals surface area contributed by atoms with Crippen molar-refractivity contribution in [1.82, 2.24) is 14.6 Å². The molecule has 0 fully saturated rings. The van der Waals surface area contributed by atoms with Gasteiger partial charge in [0.25, 0.3) is 11.5 Å². The molecule has 144 valence electrons. The van der Waals surface area contributed by atoms with Crippen LogP contribution in [0, 0.1) is 0 Å². The maximum Gasteiger partial charge on any atom is 0.291 e. The minimum Gasteiger partial charge on any atom is -0.311 e. The lowest BCUT2D eigenvalue weighted by molar-refractivity contribution is -0.112. The Morgan fingerprint density at radius 2 is 1.86 bits per heavy atom. The maximum atomic E-state index is 13.1. The van der Waals surface area contributed by atoms with Crippen LogP contribution in [-0.4, -0.2) is 27.6 Å². The fourth-order valence-corrected chi connectivity index (χ4v) is 5.13. The topological polar surface area (TPSA) is 67.6 Å². The molecule has 0 saturated carbocycles. The van der Waals surface area contributed by atoms with Gasteiger partial charge in [0, 0.05) is 27.7 Å². The van der Waals surface area contributed by atoms with E-state index in [1.165, 1.54) is 9.42 Å². The van der Waals surface area contributed by atoms with Crippen molar-refractivity contribution in [3.05, 3.63) is 71.4 Å². The van der Waals surface area contributed by atoms with Gasteiger partial charge in [0.2, 0.25) is 4.96 Å². The van der Waals surface area contributed by atoms with Gasteiger partial charge >= 0.3 is 0 Å². The van der Waals surface area contributed by atoms with E-state index in [1.54, 1.807) is 25.2 Å². The Hall–Kier alpha value is -2.26. The molecule has 0 spiro atoms. The maximum absolute atomic E-state index is 13.1. The average Bonchev–Trinajstić information content (AvgIpc) is 3.28. The molecule has 3 heterocycles. The van der Waals surface area contributed by atoms with Crippen LogP contribution in [0.2, 0.25) is 10.0 Å². The molecule has 0 atom stereocenters. The normalized spacial score (nSPS) is 15.4. The van der Waals surface area contributed by atoms with Crippen LogP contribution in [0.4, 0.5) is 5.69 Å². The monoisotopic (exact) mass is 506 g/mol. The molecule has 2 aromatic heterocycles. The minimum absolute atomic E-state index is 0.235. The smallest absolute Gasteiger partial charge is 0.291 e. The molecule has 1 amide bonds. The Morgan fingerprint density at radius 1 is 1.07 bits per heavy atom. The van der Waals surface area contributed by atoms with Gasteiger partial charge in [-0.3, -0.25) is 9.59 Å². The van der Waals surface area contributed by atoms with Crippen molar-refractivity contribution in [3.63, 3.8) is 0 Å². The molecular formula is C19H9BrCl2N4O2S. The summed E-state index contributed by atoms with van der Waals surface area (Å²) >= 11 is 16.7. The van der Waals surface area contributed by atoms with Crippen LogP contribution in [0.15, 0.2) is 45.7 Å². The molecule has 4 aromatic rings. The van der Waals surface area contributed by atoms with Crippen molar-refractivity contribution < 1.29 is 4.79 Å². The molecule has 1 aliphatic rings. The number of nitrogens with zero attached hydrogens (tertiary/aromatic N) is 4. The zero-order chi connectivity index (χ0) is 20.4. The summed E-state index contributed by atoms with van der Waals surface area (Å²) in [6, 6.07) is 10.5. The summed E-state index contributed by atoms with van der Waals surface area (Å²) in [5.74, 6) is 0.0882. The lowest BCUT2D eigenvalue weighted by Gasteiger charge is -2.08. The van der Waals surface area contributed by atoms with Crippen LogP contribution < -0.4 is 15.0 Å². The molecule has 0 unspecified atom stereocenters. The Bertz CT molecular complexity index is 1460. The zero-order valence-corrected chi connectivity index (χ0v) is 18.5. The number of carbonyl (C=O) groups excluding carboxylic acids is 1. The number of thiazole rings is 1. The number of carbonyl (C=O) groups is 1. The molecule has 0 N–H and O–H groups in total. The number of aromatic nitrogens is 3. The third-order valence-corrected chi connectivity index (χ3v) is 6.74. The standard InChI is InChI=1S/C19H9BrCl2N4O2S/c1-25-13-5-2-8(20)6-11(13)14(17(25)27)15-18(28)26-19(29-15)23-16(24-26)10-4-3-9(21)7-12(10)22/h2-7H,1H3/b15-14-. The molecule has 0 radical (unpaired) electrons. The Balaban J connectivity index is 1.76. The lowest BCUT2D eigenvalue weighted by atomic mass is 10.1. The number of rotatable bonds is 1. The van der Waals surface area contributed by atoms with Crippen LogP contribution in [0.3, 0.4) is 0 Å². The van der Waals surface area contributed by atoms with E-state index in [1.807, 2.05) is 18.2 Å². The lowest BCUT2D eigenvalue weighted by Crippen LogP contribution is -2.30. The molecule has 0 aliphatic carbocycles. The first-order valence-electron chi connectivity index (χ1n) is 8.32. The van der Waals surface area contributed by atoms with Crippen molar-refractivity contribution in [2.45, 2.75) is 0 Å². The highest BCUT2D eigenvalue weighted by Crippen LogP contribution is 2.36. The largest absolute Gasteiger partial charge is 0.311 e.